The Balaban J connectivity index is 2.52. The molecule has 0 aliphatic heterocycles. The van der Waals surface area contributed by atoms with Crippen LogP contribution < -0.4 is 0 Å². The highest BCUT2D eigenvalue weighted by Gasteiger charge is 2.19. The fourth-order valence-corrected chi connectivity index (χ4v) is 1.96. The van der Waals surface area contributed by atoms with E-state index in [0.29, 0.717) is 5.75 Å². The summed E-state index contributed by atoms with van der Waals surface area (Å²) in [6.45, 7) is 2.00. The predicted molar refractivity (Wildman–Crippen MR) is 63.5 cm³/mol. The van der Waals surface area contributed by atoms with Crippen molar-refractivity contribution in [1.29, 1.82) is 0 Å². The lowest BCUT2D eigenvalue weighted by atomic mass is 10.2. The number of hydrogen-bond acceptors (Lipinski definition) is 5. The van der Waals surface area contributed by atoms with Crippen molar-refractivity contribution in [2.24, 2.45) is 5.18 Å². The number of rotatable bonds is 5. The maximum Gasteiger partial charge on any atom is 0.335 e. The maximum absolute atomic E-state index is 11.1. The molecule has 0 amide bonds. The molecule has 16 heavy (non-hydrogen) atoms. The van der Waals surface area contributed by atoms with E-state index >= 15 is 0 Å². The highest BCUT2D eigenvalue weighted by molar-refractivity contribution is 7.99. The molecule has 1 aromatic rings. The molecule has 0 aromatic heterocycles. The fourth-order valence-electron chi connectivity index (χ4n) is 1.09. The molecule has 0 aliphatic rings. The molecule has 0 radical (unpaired) electrons. The SMILES string of the molecule is COC(=O)C(CSc1ccc(C)cc1)N=O. The van der Waals surface area contributed by atoms with Crippen LogP contribution in [0, 0.1) is 11.8 Å². The van der Waals surface area contributed by atoms with Crippen molar-refractivity contribution in [3.05, 3.63) is 34.7 Å². The maximum atomic E-state index is 11.1. The second-order valence-corrected chi connectivity index (χ2v) is 4.36. The van der Waals surface area contributed by atoms with Crippen molar-refractivity contribution in [3.8, 4) is 0 Å². The van der Waals surface area contributed by atoms with Gasteiger partial charge in [0.05, 0.1) is 7.11 Å². The third-order valence-corrected chi connectivity index (χ3v) is 3.12. The first-order valence-electron chi connectivity index (χ1n) is 4.77. The van der Waals surface area contributed by atoms with Crippen LogP contribution in [0.25, 0.3) is 0 Å². The zero-order chi connectivity index (χ0) is 12.0. The highest BCUT2D eigenvalue weighted by atomic mass is 32.2. The number of aryl methyl sites for hydroxylation is 1. The Hall–Kier alpha value is -1.36. The topological polar surface area (TPSA) is 55.7 Å². The molecule has 0 saturated carbocycles. The molecule has 0 saturated heterocycles. The summed E-state index contributed by atoms with van der Waals surface area (Å²) in [5, 5.41) is 2.75. The van der Waals surface area contributed by atoms with Crippen molar-refractivity contribution in [1.82, 2.24) is 0 Å². The number of methoxy groups -OCH3 is 1. The van der Waals surface area contributed by atoms with Crippen LogP contribution in [-0.4, -0.2) is 24.9 Å². The Morgan fingerprint density at radius 1 is 1.44 bits per heavy atom. The van der Waals surface area contributed by atoms with Gasteiger partial charge in [0, 0.05) is 10.6 Å². The summed E-state index contributed by atoms with van der Waals surface area (Å²) in [6.07, 6.45) is 0. The number of esters is 1. The molecule has 0 aliphatic carbocycles. The molecule has 0 heterocycles. The summed E-state index contributed by atoms with van der Waals surface area (Å²) in [4.78, 5) is 22.5. The third-order valence-electron chi connectivity index (χ3n) is 2.03. The van der Waals surface area contributed by atoms with Crippen molar-refractivity contribution in [2.75, 3.05) is 12.9 Å². The van der Waals surface area contributed by atoms with Gasteiger partial charge in [-0.3, -0.25) is 0 Å². The Bertz CT molecular complexity index is 364. The monoisotopic (exact) mass is 239 g/mol. The van der Waals surface area contributed by atoms with Gasteiger partial charge in [-0.1, -0.05) is 22.9 Å². The summed E-state index contributed by atoms with van der Waals surface area (Å²) in [6, 6.07) is 6.91. The number of hydrogen-bond donors (Lipinski definition) is 0. The number of ether oxygens (including phenoxy) is 1. The molecule has 4 nitrogen and oxygen atoms in total. The van der Waals surface area contributed by atoms with Gasteiger partial charge in [-0.2, -0.15) is 0 Å². The number of nitrogens with zero attached hydrogens (tertiary/aromatic N) is 1. The number of benzene rings is 1. The number of carbonyl (C=O) groups excluding carboxylic acids is 1. The first kappa shape index (κ1) is 12.7. The average molecular weight is 239 g/mol. The first-order valence-corrected chi connectivity index (χ1v) is 5.75. The van der Waals surface area contributed by atoms with Crippen LogP contribution in [0.15, 0.2) is 34.3 Å². The Kier molecular flexibility index (Phi) is 4.98. The molecule has 1 atom stereocenters. The van der Waals surface area contributed by atoms with E-state index in [1.54, 1.807) is 0 Å². The number of nitroso groups, excluding NO2 is 1. The zero-order valence-electron chi connectivity index (χ0n) is 9.17. The van der Waals surface area contributed by atoms with Gasteiger partial charge in [0.2, 0.25) is 0 Å². The minimum absolute atomic E-state index is 0.305. The molecule has 1 aromatic carbocycles. The van der Waals surface area contributed by atoms with Gasteiger partial charge in [0.15, 0.2) is 6.04 Å². The van der Waals surface area contributed by atoms with E-state index in [2.05, 4.69) is 9.91 Å². The molecule has 86 valence electrons. The molecule has 5 heteroatoms. The van der Waals surface area contributed by atoms with E-state index in [9.17, 15) is 9.70 Å². The van der Waals surface area contributed by atoms with E-state index in [0.717, 1.165) is 4.90 Å². The smallest absolute Gasteiger partial charge is 0.335 e. The molecular formula is C11H13NO3S. The lowest BCUT2D eigenvalue weighted by Crippen LogP contribution is -2.22. The van der Waals surface area contributed by atoms with E-state index in [-0.39, 0.29) is 0 Å². The third kappa shape index (κ3) is 3.66. The van der Waals surface area contributed by atoms with E-state index in [1.165, 1.54) is 24.4 Å². The molecule has 0 fully saturated rings. The Labute approximate surface area is 98.3 Å². The summed E-state index contributed by atoms with van der Waals surface area (Å²) >= 11 is 1.41. The summed E-state index contributed by atoms with van der Waals surface area (Å²) in [5.41, 5.74) is 1.17. The minimum Gasteiger partial charge on any atom is -0.467 e. The molecule has 1 rings (SSSR count). The quantitative estimate of drug-likeness (QED) is 0.450. The van der Waals surface area contributed by atoms with Gasteiger partial charge in [0.1, 0.15) is 0 Å². The van der Waals surface area contributed by atoms with Gasteiger partial charge < -0.3 is 4.74 Å². The van der Waals surface area contributed by atoms with Gasteiger partial charge in [0.25, 0.3) is 0 Å². The second kappa shape index (κ2) is 6.27. The Morgan fingerprint density at radius 3 is 2.56 bits per heavy atom. The van der Waals surface area contributed by atoms with Crippen LogP contribution in [0.4, 0.5) is 0 Å². The van der Waals surface area contributed by atoms with Crippen LogP contribution in [0.5, 0.6) is 0 Å². The highest BCUT2D eigenvalue weighted by Crippen LogP contribution is 2.20. The predicted octanol–water partition coefficient (Wildman–Crippen LogP) is 2.40. The molecule has 0 N–H and O–H groups in total. The zero-order valence-corrected chi connectivity index (χ0v) is 9.99. The molecule has 1 unspecified atom stereocenters. The first-order chi connectivity index (χ1) is 7.67. The standard InChI is InChI=1S/C11H13NO3S/c1-8-3-5-9(6-4-8)16-7-10(12-14)11(13)15-2/h3-6,10H,7H2,1-2H3. The number of carbonyl (C=O) groups is 1. The minimum atomic E-state index is -0.934. The van der Waals surface area contributed by atoms with E-state index in [1.807, 2.05) is 31.2 Å². The van der Waals surface area contributed by atoms with Crippen LogP contribution in [-0.2, 0) is 9.53 Å². The van der Waals surface area contributed by atoms with Crippen LogP contribution in [0.2, 0.25) is 0 Å². The summed E-state index contributed by atoms with van der Waals surface area (Å²) < 4.78 is 4.46. The van der Waals surface area contributed by atoms with Crippen molar-refractivity contribution in [3.63, 3.8) is 0 Å². The largest absolute Gasteiger partial charge is 0.467 e. The van der Waals surface area contributed by atoms with Gasteiger partial charge in [-0.15, -0.1) is 16.7 Å². The fraction of sp³-hybridized carbons (Fsp3) is 0.364. The van der Waals surface area contributed by atoms with Gasteiger partial charge in [-0.05, 0) is 19.1 Å². The lowest BCUT2D eigenvalue weighted by Gasteiger charge is -2.06. The van der Waals surface area contributed by atoms with E-state index in [4.69, 9.17) is 0 Å². The summed E-state index contributed by atoms with van der Waals surface area (Å²) in [7, 11) is 1.25. The van der Waals surface area contributed by atoms with Crippen LogP contribution in [0.3, 0.4) is 0 Å². The van der Waals surface area contributed by atoms with Gasteiger partial charge in [-0.25, -0.2) is 4.79 Å². The molecular weight excluding hydrogens is 226 g/mol. The van der Waals surface area contributed by atoms with Crippen molar-refractivity contribution in [2.45, 2.75) is 17.9 Å². The lowest BCUT2D eigenvalue weighted by molar-refractivity contribution is -0.141. The Morgan fingerprint density at radius 2 is 2.06 bits per heavy atom. The average Bonchev–Trinajstić information content (AvgIpc) is 2.31. The summed E-state index contributed by atoms with van der Waals surface area (Å²) in [5.74, 6) is -0.284. The second-order valence-electron chi connectivity index (χ2n) is 3.27. The van der Waals surface area contributed by atoms with Crippen LogP contribution in [0.1, 0.15) is 5.56 Å². The van der Waals surface area contributed by atoms with Crippen molar-refractivity contribution < 1.29 is 9.53 Å². The van der Waals surface area contributed by atoms with E-state index < -0.39 is 12.0 Å². The van der Waals surface area contributed by atoms with Gasteiger partial charge >= 0.3 is 5.97 Å². The molecule has 0 spiro atoms. The normalized spacial score (nSPS) is 11.9. The molecule has 0 bridgehead atoms. The number of thioether (sulfide) groups is 1. The van der Waals surface area contributed by atoms with Crippen LogP contribution >= 0.6 is 11.8 Å². The van der Waals surface area contributed by atoms with Crippen molar-refractivity contribution >= 4 is 17.7 Å².